The summed E-state index contributed by atoms with van der Waals surface area (Å²) in [7, 11) is 0. The van der Waals surface area contributed by atoms with Crippen molar-refractivity contribution in [2.45, 2.75) is 26.4 Å². The third kappa shape index (κ3) is 3.41. The zero-order chi connectivity index (χ0) is 15.4. The summed E-state index contributed by atoms with van der Waals surface area (Å²) in [6, 6.07) is 2.90. The van der Waals surface area contributed by atoms with Crippen molar-refractivity contribution >= 4 is 11.9 Å². The van der Waals surface area contributed by atoms with Crippen molar-refractivity contribution in [3.05, 3.63) is 41.7 Å². The Morgan fingerprint density at radius 1 is 1.38 bits per heavy atom. The van der Waals surface area contributed by atoms with Crippen molar-refractivity contribution < 1.29 is 14.7 Å². The second-order valence-electron chi connectivity index (χ2n) is 4.67. The van der Waals surface area contributed by atoms with Crippen molar-refractivity contribution in [3.63, 3.8) is 0 Å². The molecule has 2 aromatic heterocycles. The van der Waals surface area contributed by atoms with Crippen molar-refractivity contribution in [1.82, 2.24) is 25.1 Å². The van der Waals surface area contributed by atoms with Crippen LogP contribution in [0.4, 0.5) is 0 Å². The molecule has 0 aliphatic rings. The third-order valence-electron chi connectivity index (χ3n) is 2.86. The highest BCUT2D eigenvalue weighted by Crippen LogP contribution is 2.06. The van der Waals surface area contributed by atoms with Gasteiger partial charge in [0.2, 0.25) is 0 Å². The van der Waals surface area contributed by atoms with E-state index in [0.29, 0.717) is 5.82 Å². The molecule has 2 rings (SSSR count). The van der Waals surface area contributed by atoms with Gasteiger partial charge >= 0.3 is 5.97 Å². The van der Waals surface area contributed by atoms with E-state index in [2.05, 4.69) is 20.5 Å². The molecule has 0 fully saturated rings. The fourth-order valence-electron chi connectivity index (χ4n) is 1.74. The van der Waals surface area contributed by atoms with Gasteiger partial charge in [0.05, 0.1) is 12.1 Å². The first kappa shape index (κ1) is 14.6. The van der Waals surface area contributed by atoms with Gasteiger partial charge in [0, 0.05) is 12.2 Å². The lowest BCUT2D eigenvalue weighted by Crippen LogP contribution is -2.25. The summed E-state index contributed by atoms with van der Waals surface area (Å²) in [6.07, 6.45) is 2.83. The van der Waals surface area contributed by atoms with E-state index in [0.717, 1.165) is 0 Å². The van der Waals surface area contributed by atoms with Gasteiger partial charge in [0.25, 0.3) is 5.91 Å². The van der Waals surface area contributed by atoms with E-state index in [9.17, 15) is 9.59 Å². The summed E-state index contributed by atoms with van der Waals surface area (Å²) < 4.78 is 1.85. The number of nitrogens with one attached hydrogen (secondary N) is 1. The van der Waals surface area contributed by atoms with Gasteiger partial charge in [-0.3, -0.25) is 4.79 Å². The van der Waals surface area contributed by atoms with Crippen LogP contribution in [-0.4, -0.2) is 36.7 Å². The molecule has 0 aromatic carbocycles. The quantitative estimate of drug-likeness (QED) is 0.845. The second kappa shape index (κ2) is 6.12. The molecule has 2 aromatic rings. The molecule has 2 heterocycles. The van der Waals surface area contributed by atoms with Gasteiger partial charge < -0.3 is 15.0 Å². The summed E-state index contributed by atoms with van der Waals surface area (Å²) in [5.41, 5.74) is 0.182. The van der Waals surface area contributed by atoms with Gasteiger partial charge in [-0.05, 0) is 26.0 Å². The van der Waals surface area contributed by atoms with Crippen molar-refractivity contribution in [2.24, 2.45) is 0 Å². The first-order chi connectivity index (χ1) is 9.99. The van der Waals surface area contributed by atoms with Gasteiger partial charge in [0.1, 0.15) is 12.0 Å². The van der Waals surface area contributed by atoms with E-state index in [1.54, 1.807) is 6.33 Å². The van der Waals surface area contributed by atoms with Crippen LogP contribution < -0.4 is 5.32 Å². The van der Waals surface area contributed by atoms with Gasteiger partial charge in [-0.25, -0.2) is 9.78 Å². The molecule has 0 unspecified atom stereocenters. The second-order valence-corrected chi connectivity index (χ2v) is 4.67. The van der Waals surface area contributed by atoms with E-state index in [-0.39, 0.29) is 29.8 Å². The Labute approximate surface area is 120 Å². The van der Waals surface area contributed by atoms with Gasteiger partial charge in [0.15, 0.2) is 5.82 Å². The summed E-state index contributed by atoms with van der Waals surface area (Å²) in [5.74, 6) is -0.835. The van der Waals surface area contributed by atoms with Crippen molar-refractivity contribution in [2.75, 3.05) is 0 Å². The van der Waals surface area contributed by atoms with Crippen LogP contribution in [0.1, 0.15) is 46.6 Å². The van der Waals surface area contributed by atoms with Crippen LogP contribution in [0.5, 0.6) is 0 Å². The van der Waals surface area contributed by atoms with Crippen LogP contribution in [-0.2, 0) is 6.54 Å². The Kier molecular flexibility index (Phi) is 4.27. The van der Waals surface area contributed by atoms with Crippen LogP contribution in [0, 0.1) is 0 Å². The van der Waals surface area contributed by atoms with Gasteiger partial charge in [-0.1, -0.05) is 0 Å². The monoisotopic (exact) mass is 289 g/mol. The predicted molar refractivity (Wildman–Crippen MR) is 72.8 cm³/mol. The number of pyridine rings is 1. The molecule has 0 bridgehead atoms. The molecule has 8 nitrogen and oxygen atoms in total. The fourth-order valence-corrected chi connectivity index (χ4v) is 1.74. The van der Waals surface area contributed by atoms with E-state index < -0.39 is 5.97 Å². The molecule has 0 atom stereocenters. The maximum absolute atomic E-state index is 11.9. The number of carbonyl (C=O) groups excluding carboxylic acids is 1. The number of aromatic carboxylic acids is 1. The summed E-state index contributed by atoms with van der Waals surface area (Å²) in [5, 5.41) is 19.2. The number of nitrogens with zero attached hydrogens (tertiary/aromatic N) is 4. The maximum Gasteiger partial charge on any atom is 0.354 e. The van der Waals surface area contributed by atoms with Crippen molar-refractivity contribution in [3.8, 4) is 0 Å². The standard InChI is InChI=1S/C13H15N5O3/c1-8(2)18-7-16-17-11(18)6-15-12(19)9-3-4-10(13(20)21)14-5-9/h3-5,7-8H,6H2,1-2H3,(H,15,19)(H,20,21). The minimum absolute atomic E-state index is 0.105. The molecule has 0 saturated carbocycles. The molecule has 8 heteroatoms. The molecule has 0 aliphatic heterocycles. The topological polar surface area (TPSA) is 110 Å². The fraction of sp³-hybridized carbons (Fsp3) is 0.308. The molecule has 0 radical (unpaired) electrons. The first-order valence-electron chi connectivity index (χ1n) is 6.35. The average molecular weight is 289 g/mol. The van der Waals surface area contributed by atoms with Crippen LogP contribution >= 0.6 is 0 Å². The number of carboxylic acid groups (broad SMARTS) is 1. The molecule has 110 valence electrons. The minimum atomic E-state index is -1.13. The van der Waals surface area contributed by atoms with Crippen molar-refractivity contribution in [1.29, 1.82) is 0 Å². The lowest BCUT2D eigenvalue weighted by molar-refractivity contribution is 0.0689. The Balaban J connectivity index is 2.01. The Bertz CT molecular complexity index is 648. The summed E-state index contributed by atoms with van der Waals surface area (Å²) >= 11 is 0. The van der Waals surface area contributed by atoms with E-state index in [1.807, 2.05) is 18.4 Å². The van der Waals surface area contributed by atoms with Crippen LogP contribution in [0.25, 0.3) is 0 Å². The lowest BCUT2D eigenvalue weighted by Gasteiger charge is -2.10. The smallest absolute Gasteiger partial charge is 0.354 e. The Hall–Kier alpha value is -2.77. The van der Waals surface area contributed by atoms with E-state index in [1.165, 1.54) is 18.3 Å². The highest BCUT2D eigenvalue weighted by Gasteiger charge is 2.11. The molecule has 21 heavy (non-hydrogen) atoms. The highest BCUT2D eigenvalue weighted by molar-refractivity contribution is 5.94. The number of amides is 1. The average Bonchev–Trinajstić information content (AvgIpc) is 2.93. The normalized spacial score (nSPS) is 10.6. The Morgan fingerprint density at radius 2 is 2.14 bits per heavy atom. The SMILES string of the molecule is CC(C)n1cnnc1CNC(=O)c1ccc(C(=O)O)nc1. The molecular weight excluding hydrogens is 274 g/mol. The number of hydrogen-bond donors (Lipinski definition) is 2. The molecule has 1 amide bonds. The molecule has 0 spiro atoms. The minimum Gasteiger partial charge on any atom is -0.477 e. The number of rotatable bonds is 5. The van der Waals surface area contributed by atoms with Crippen LogP contribution in [0.3, 0.4) is 0 Å². The third-order valence-corrected chi connectivity index (χ3v) is 2.86. The zero-order valence-electron chi connectivity index (χ0n) is 11.6. The van der Waals surface area contributed by atoms with Crippen LogP contribution in [0.15, 0.2) is 24.7 Å². The number of hydrogen-bond acceptors (Lipinski definition) is 5. The maximum atomic E-state index is 11.9. The predicted octanol–water partition coefficient (Wildman–Crippen LogP) is 0.882. The van der Waals surface area contributed by atoms with Crippen LogP contribution in [0.2, 0.25) is 0 Å². The first-order valence-corrected chi connectivity index (χ1v) is 6.35. The molecule has 0 saturated heterocycles. The summed E-state index contributed by atoms with van der Waals surface area (Å²) in [4.78, 5) is 26.3. The van der Waals surface area contributed by atoms with Gasteiger partial charge in [-0.2, -0.15) is 0 Å². The Morgan fingerprint density at radius 3 is 2.71 bits per heavy atom. The van der Waals surface area contributed by atoms with Gasteiger partial charge in [-0.15, -0.1) is 10.2 Å². The largest absolute Gasteiger partial charge is 0.477 e. The molecular formula is C13H15N5O3. The lowest BCUT2D eigenvalue weighted by atomic mass is 10.2. The molecule has 0 aliphatic carbocycles. The molecule has 2 N–H and O–H groups in total. The number of carboxylic acids is 1. The number of aromatic nitrogens is 4. The highest BCUT2D eigenvalue weighted by atomic mass is 16.4. The zero-order valence-corrected chi connectivity index (χ0v) is 11.6. The van der Waals surface area contributed by atoms with E-state index >= 15 is 0 Å². The number of carbonyl (C=O) groups is 2. The summed E-state index contributed by atoms with van der Waals surface area (Å²) in [6.45, 7) is 4.21. The van der Waals surface area contributed by atoms with E-state index in [4.69, 9.17) is 5.11 Å².